The molecule has 0 aliphatic heterocycles. The number of benzene rings is 4. The lowest BCUT2D eigenvalue weighted by Gasteiger charge is -2.11. The van der Waals surface area contributed by atoms with Crippen LogP contribution in [0.25, 0.3) is 11.1 Å². The van der Waals surface area contributed by atoms with Crippen LogP contribution in [-0.2, 0) is 26.5 Å². The van der Waals surface area contributed by atoms with Crippen LogP contribution in [0.3, 0.4) is 0 Å². The van der Waals surface area contributed by atoms with Crippen molar-refractivity contribution in [3.8, 4) is 11.1 Å². The van der Waals surface area contributed by atoms with Crippen molar-refractivity contribution < 1.29 is 25.6 Å². The summed E-state index contributed by atoms with van der Waals surface area (Å²) in [6.45, 7) is 0. The monoisotopic (exact) mass is 512 g/mol. The fourth-order valence-electron chi connectivity index (χ4n) is 3.99. The van der Waals surface area contributed by atoms with E-state index in [1.54, 1.807) is 12.1 Å². The van der Waals surface area contributed by atoms with Crippen molar-refractivity contribution in [2.45, 2.75) is 16.2 Å². The maximum Gasteiger partial charge on any atom is 0.261 e. The molecule has 0 saturated carbocycles. The molecule has 0 amide bonds. The molecular formula is C25H18F2N2O4S2. The molecule has 1 aliphatic rings. The molecule has 0 aromatic heterocycles. The Kier molecular flexibility index (Phi) is 5.57. The van der Waals surface area contributed by atoms with Gasteiger partial charge < -0.3 is 0 Å². The summed E-state index contributed by atoms with van der Waals surface area (Å²) in [7, 11) is -8.09. The molecule has 4 aromatic rings. The summed E-state index contributed by atoms with van der Waals surface area (Å²) < 4.78 is 83.6. The first-order valence-corrected chi connectivity index (χ1v) is 13.4. The van der Waals surface area contributed by atoms with Crippen molar-refractivity contribution in [1.82, 2.24) is 0 Å². The Morgan fingerprint density at radius 2 is 0.971 bits per heavy atom. The molecule has 2 N–H and O–H groups in total. The summed E-state index contributed by atoms with van der Waals surface area (Å²) in [4.78, 5) is -0.0808. The molecule has 1 aliphatic carbocycles. The van der Waals surface area contributed by atoms with E-state index in [0.717, 1.165) is 23.3 Å². The lowest BCUT2D eigenvalue weighted by Crippen LogP contribution is -2.14. The molecule has 5 rings (SSSR count). The Morgan fingerprint density at radius 1 is 0.571 bits per heavy atom. The fraction of sp³-hybridized carbons (Fsp3) is 0.0400. The Bertz CT molecular complexity index is 1560. The summed E-state index contributed by atoms with van der Waals surface area (Å²) in [5, 5.41) is 0. The summed E-state index contributed by atoms with van der Waals surface area (Å²) >= 11 is 0. The van der Waals surface area contributed by atoms with Gasteiger partial charge in [-0.05, 0) is 77.2 Å². The highest BCUT2D eigenvalue weighted by molar-refractivity contribution is 7.93. The third kappa shape index (κ3) is 4.38. The first kappa shape index (κ1) is 23.0. The van der Waals surface area contributed by atoms with Crippen LogP contribution in [0.4, 0.5) is 20.2 Å². The van der Waals surface area contributed by atoms with Crippen LogP contribution in [0.15, 0.2) is 94.7 Å². The third-order valence-electron chi connectivity index (χ3n) is 5.68. The largest absolute Gasteiger partial charge is 0.277 e. The molecule has 35 heavy (non-hydrogen) atoms. The number of para-hydroxylation sites is 2. The second kappa shape index (κ2) is 8.47. The zero-order valence-corrected chi connectivity index (χ0v) is 19.6. The topological polar surface area (TPSA) is 92.3 Å². The summed E-state index contributed by atoms with van der Waals surface area (Å²) in [6, 6.07) is 20.0. The minimum atomic E-state index is -4.05. The molecule has 0 heterocycles. The second-order valence-electron chi connectivity index (χ2n) is 7.99. The molecule has 0 saturated heterocycles. The van der Waals surface area contributed by atoms with Gasteiger partial charge in [-0.1, -0.05) is 36.4 Å². The molecule has 178 valence electrons. The van der Waals surface area contributed by atoms with Gasteiger partial charge in [0.25, 0.3) is 20.0 Å². The van der Waals surface area contributed by atoms with Crippen molar-refractivity contribution in [2.75, 3.05) is 9.44 Å². The van der Waals surface area contributed by atoms with Crippen molar-refractivity contribution in [3.63, 3.8) is 0 Å². The van der Waals surface area contributed by atoms with Crippen LogP contribution >= 0.6 is 0 Å². The predicted octanol–water partition coefficient (Wildman–Crippen LogP) is 5.14. The molecule has 0 radical (unpaired) electrons. The van der Waals surface area contributed by atoms with Crippen LogP contribution < -0.4 is 9.44 Å². The number of rotatable bonds is 6. The Balaban J connectivity index is 1.43. The minimum absolute atomic E-state index is 0.0404. The summed E-state index contributed by atoms with van der Waals surface area (Å²) in [5.74, 6) is -1.38. The number of hydrogen-bond acceptors (Lipinski definition) is 4. The number of fused-ring (bicyclic) bond motifs is 3. The fourth-order valence-corrected chi connectivity index (χ4v) is 6.23. The predicted molar refractivity (Wildman–Crippen MR) is 129 cm³/mol. The number of anilines is 2. The molecule has 0 fully saturated rings. The normalized spacial score (nSPS) is 12.6. The van der Waals surface area contributed by atoms with Gasteiger partial charge >= 0.3 is 0 Å². The van der Waals surface area contributed by atoms with Gasteiger partial charge in [-0.2, -0.15) is 0 Å². The van der Waals surface area contributed by atoms with Crippen molar-refractivity contribution >= 4 is 31.4 Å². The number of hydrogen-bond donors (Lipinski definition) is 2. The lowest BCUT2D eigenvalue weighted by molar-refractivity contribution is 0.597. The van der Waals surface area contributed by atoms with E-state index in [1.165, 1.54) is 60.7 Å². The standard InChI is InChI=1S/C25H18F2N2O4S2/c26-22-5-1-3-7-24(22)28-34(30,31)18-9-11-20-16(14-18)13-17-15-19(10-12-21(17)20)35(32,33)29-25-8-4-2-6-23(25)27/h1-12,14-15,28-29H,13H2. The highest BCUT2D eigenvalue weighted by Gasteiger charge is 2.25. The number of nitrogens with one attached hydrogen (secondary N) is 2. The van der Waals surface area contributed by atoms with Crippen LogP contribution in [0.5, 0.6) is 0 Å². The first-order chi connectivity index (χ1) is 16.6. The molecule has 6 nitrogen and oxygen atoms in total. The number of sulfonamides is 2. The van der Waals surface area contributed by atoms with Crippen LogP contribution in [0, 0.1) is 11.6 Å². The smallest absolute Gasteiger partial charge is 0.261 e. The van der Waals surface area contributed by atoms with Gasteiger partial charge in [-0.25, -0.2) is 25.6 Å². The SMILES string of the molecule is O=S(=O)(Nc1ccccc1F)c1ccc2c(c1)Cc1cc(S(=O)(=O)Nc3ccccc3F)ccc1-2. The molecular weight excluding hydrogens is 494 g/mol. The maximum atomic E-state index is 13.9. The van der Waals surface area contributed by atoms with E-state index in [9.17, 15) is 25.6 Å². The van der Waals surface area contributed by atoms with E-state index in [-0.39, 0.29) is 21.2 Å². The van der Waals surface area contributed by atoms with Crippen molar-refractivity contribution in [3.05, 3.63) is 108 Å². The highest BCUT2D eigenvalue weighted by atomic mass is 32.2. The quantitative estimate of drug-likeness (QED) is 0.330. The molecule has 0 bridgehead atoms. The van der Waals surface area contributed by atoms with E-state index in [2.05, 4.69) is 9.44 Å². The molecule has 0 atom stereocenters. The highest BCUT2D eigenvalue weighted by Crippen LogP contribution is 2.39. The molecule has 0 unspecified atom stereocenters. The van der Waals surface area contributed by atoms with Gasteiger partial charge in [0.05, 0.1) is 21.2 Å². The van der Waals surface area contributed by atoms with Crippen LogP contribution in [0.2, 0.25) is 0 Å². The lowest BCUT2D eigenvalue weighted by atomic mass is 10.1. The van der Waals surface area contributed by atoms with Crippen LogP contribution in [-0.4, -0.2) is 16.8 Å². The van der Waals surface area contributed by atoms with Crippen molar-refractivity contribution in [1.29, 1.82) is 0 Å². The summed E-state index contributed by atoms with van der Waals surface area (Å²) in [6.07, 6.45) is 0.302. The zero-order chi connectivity index (χ0) is 24.8. The average Bonchev–Trinajstić information content (AvgIpc) is 3.19. The van der Waals surface area contributed by atoms with E-state index in [0.29, 0.717) is 17.5 Å². The molecule has 10 heteroatoms. The van der Waals surface area contributed by atoms with Gasteiger partial charge in [0, 0.05) is 0 Å². The average molecular weight is 513 g/mol. The number of halogens is 2. The van der Waals surface area contributed by atoms with Gasteiger partial charge in [0.1, 0.15) is 11.6 Å². The second-order valence-corrected chi connectivity index (χ2v) is 11.4. The van der Waals surface area contributed by atoms with Gasteiger partial charge in [0.15, 0.2) is 0 Å². The van der Waals surface area contributed by atoms with E-state index >= 15 is 0 Å². The Morgan fingerprint density at radius 3 is 1.37 bits per heavy atom. The van der Waals surface area contributed by atoms with Gasteiger partial charge in [0.2, 0.25) is 0 Å². The van der Waals surface area contributed by atoms with Crippen LogP contribution in [0.1, 0.15) is 11.1 Å². The van der Waals surface area contributed by atoms with E-state index in [1.807, 2.05) is 0 Å². The van der Waals surface area contributed by atoms with E-state index < -0.39 is 31.7 Å². The molecule has 0 spiro atoms. The first-order valence-electron chi connectivity index (χ1n) is 10.4. The Labute approximate surface area is 201 Å². The zero-order valence-electron chi connectivity index (χ0n) is 18.0. The van der Waals surface area contributed by atoms with E-state index in [4.69, 9.17) is 0 Å². The van der Waals surface area contributed by atoms with Gasteiger partial charge in [-0.15, -0.1) is 0 Å². The summed E-state index contributed by atoms with van der Waals surface area (Å²) in [5.41, 5.74) is 2.61. The Hall–Kier alpha value is -3.76. The molecule has 4 aromatic carbocycles. The minimum Gasteiger partial charge on any atom is -0.277 e. The van der Waals surface area contributed by atoms with Gasteiger partial charge in [-0.3, -0.25) is 9.44 Å². The van der Waals surface area contributed by atoms with Crippen molar-refractivity contribution in [2.24, 2.45) is 0 Å². The third-order valence-corrected chi connectivity index (χ3v) is 8.41. The maximum absolute atomic E-state index is 13.9.